The molecule has 0 rings (SSSR count). The second-order valence-corrected chi connectivity index (χ2v) is 13.3. The molecule has 0 amide bonds. The Balaban J connectivity index is 3.71. The Morgan fingerprint density at radius 3 is 1.81 bits per heavy atom. The maximum Gasteiger partial charge on any atom is 0.306 e. The molecule has 0 fully saturated rings. The van der Waals surface area contributed by atoms with Crippen molar-refractivity contribution in [3.05, 3.63) is 48.6 Å². The maximum atomic E-state index is 12.1. The van der Waals surface area contributed by atoms with Crippen LogP contribution in [-0.4, -0.2) is 47.6 Å². The van der Waals surface area contributed by atoms with Gasteiger partial charge < -0.3 is 19.7 Å². The third-order valence-corrected chi connectivity index (χ3v) is 8.16. The molecule has 2 atom stereocenters. The molecule has 0 aromatic rings. The largest absolute Gasteiger partial charge is 0.462 e. The van der Waals surface area contributed by atoms with Gasteiger partial charge in [-0.25, -0.2) is 0 Å². The lowest BCUT2D eigenvalue weighted by Gasteiger charge is -2.15. The molecule has 6 nitrogen and oxygen atoms in total. The van der Waals surface area contributed by atoms with Gasteiger partial charge in [0.05, 0.1) is 12.7 Å². The molecule has 0 aromatic heterocycles. The monoisotopic (exact) mass is 661 g/mol. The molecule has 0 saturated heterocycles. The van der Waals surface area contributed by atoms with Gasteiger partial charge in [0.25, 0.3) is 0 Å². The first-order chi connectivity index (χ1) is 22.9. The van der Waals surface area contributed by atoms with Crippen molar-refractivity contribution < 1.29 is 29.3 Å². The molecule has 0 aromatic carbocycles. The number of allylic oxidation sites excluding steroid dienone is 7. The summed E-state index contributed by atoms with van der Waals surface area (Å²) in [6.45, 7) is 6.30. The summed E-state index contributed by atoms with van der Waals surface area (Å²) in [7, 11) is 0. The third-order valence-electron chi connectivity index (χ3n) is 8.16. The van der Waals surface area contributed by atoms with Gasteiger partial charge in [-0.1, -0.05) is 166 Å². The van der Waals surface area contributed by atoms with Crippen molar-refractivity contribution in [2.24, 2.45) is 5.92 Å². The zero-order valence-corrected chi connectivity index (χ0v) is 30.6. The number of carbonyl (C=O) groups excluding carboxylic acids is 2. The van der Waals surface area contributed by atoms with Crippen molar-refractivity contribution in [2.45, 2.75) is 181 Å². The minimum Gasteiger partial charge on any atom is -0.462 e. The van der Waals surface area contributed by atoms with E-state index in [1.54, 1.807) is 0 Å². The highest BCUT2D eigenvalue weighted by Crippen LogP contribution is 2.15. The summed E-state index contributed by atoms with van der Waals surface area (Å²) < 4.78 is 10.5. The van der Waals surface area contributed by atoms with Crippen molar-refractivity contribution in [1.82, 2.24) is 0 Å². The second kappa shape index (κ2) is 35.1. The fraction of sp³-hybridized carbons (Fsp3) is 0.756. The molecule has 0 radical (unpaired) electrons. The Kier molecular flexibility index (Phi) is 33.5. The van der Waals surface area contributed by atoms with Crippen molar-refractivity contribution in [1.29, 1.82) is 0 Å². The first-order valence-electron chi connectivity index (χ1n) is 19.2. The first kappa shape index (κ1) is 44.8. The number of aliphatic hydroxyl groups excluding tert-OH is 2. The Hall–Kier alpha value is -2.18. The van der Waals surface area contributed by atoms with Gasteiger partial charge in [-0.15, -0.1) is 0 Å². The highest BCUT2D eigenvalue weighted by molar-refractivity contribution is 5.70. The summed E-state index contributed by atoms with van der Waals surface area (Å²) >= 11 is 0. The number of unbranched alkanes of at least 4 members (excludes halogenated alkanes) is 14. The molecule has 2 N–H and O–H groups in total. The first-order valence-corrected chi connectivity index (χ1v) is 19.2. The molecule has 0 heterocycles. The minimum atomic E-state index is -0.804. The smallest absolute Gasteiger partial charge is 0.306 e. The van der Waals surface area contributed by atoms with Gasteiger partial charge in [0, 0.05) is 12.8 Å². The van der Waals surface area contributed by atoms with E-state index in [9.17, 15) is 19.8 Å². The number of rotatable bonds is 33. The zero-order chi connectivity index (χ0) is 34.6. The number of hydrogen-bond donors (Lipinski definition) is 2. The van der Waals surface area contributed by atoms with Crippen molar-refractivity contribution in [3.8, 4) is 0 Å². The number of esters is 2. The molecule has 0 spiro atoms. The lowest BCUT2D eigenvalue weighted by Crippen LogP contribution is -2.28. The fourth-order valence-electron chi connectivity index (χ4n) is 5.19. The normalized spacial score (nSPS) is 13.5. The standard InChI is InChI=1S/C41H72O6/c1-4-5-25-31-38(43)32-27-22-18-14-10-8-12-15-19-23-28-33-40(44)46-36-39(35-42)47-41(45)34-29-24-20-16-11-7-6-9-13-17-21-26-30-37(2)3/h8,10,15,18-19,22,27,32,37-39,42-43H,4-7,9,11-14,16-17,20-21,23-26,28-31,33-36H2,1-3H3/b10-8-,19-15-,22-18-,32-27+/t38-,39+/m1/s1. The van der Waals surface area contributed by atoms with Crippen LogP contribution in [0.15, 0.2) is 48.6 Å². The van der Waals surface area contributed by atoms with Crippen LogP contribution < -0.4 is 0 Å². The van der Waals surface area contributed by atoms with E-state index in [4.69, 9.17) is 9.47 Å². The van der Waals surface area contributed by atoms with Crippen LogP contribution in [-0.2, 0) is 19.1 Å². The summed E-state index contributed by atoms with van der Waals surface area (Å²) in [5.74, 6) is 0.149. The summed E-state index contributed by atoms with van der Waals surface area (Å²) in [5, 5.41) is 19.4. The van der Waals surface area contributed by atoms with E-state index < -0.39 is 6.10 Å². The van der Waals surface area contributed by atoms with E-state index in [1.807, 2.05) is 18.2 Å². The van der Waals surface area contributed by atoms with E-state index in [1.165, 1.54) is 70.6 Å². The quantitative estimate of drug-likeness (QED) is 0.0315. The van der Waals surface area contributed by atoms with E-state index in [-0.39, 0.29) is 37.7 Å². The van der Waals surface area contributed by atoms with Crippen molar-refractivity contribution >= 4 is 11.9 Å². The van der Waals surface area contributed by atoms with Crippen LogP contribution in [0.1, 0.15) is 168 Å². The minimum absolute atomic E-state index is 0.108. The average molecular weight is 661 g/mol. The van der Waals surface area contributed by atoms with Crippen LogP contribution in [0, 0.1) is 5.92 Å². The molecular formula is C41H72O6. The van der Waals surface area contributed by atoms with Crippen molar-refractivity contribution in [3.63, 3.8) is 0 Å². The van der Waals surface area contributed by atoms with E-state index in [2.05, 4.69) is 51.2 Å². The Labute approximate surface area is 289 Å². The predicted molar refractivity (Wildman–Crippen MR) is 197 cm³/mol. The summed E-state index contributed by atoms with van der Waals surface area (Å²) in [6.07, 6.45) is 39.3. The predicted octanol–water partition coefficient (Wildman–Crippen LogP) is 10.7. The number of ether oxygens (including phenoxy) is 2. The third kappa shape index (κ3) is 35.0. The van der Waals surface area contributed by atoms with E-state index >= 15 is 0 Å². The summed E-state index contributed by atoms with van der Waals surface area (Å²) in [6, 6.07) is 0. The molecule has 0 aliphatic rings. The van der Waals surface area contributed by atoms with E-state index in [0.717, 1.165) is 63.7 Å². The van der Waals surface area contributed by atoms with Gasteiger partial charge >= 0.3 is 11.9 Å². The lowest BCUT2D eigenvalue weighted by atomic mass is 10.0. The van der Waals surface area contributed by atoms with Crippen LogP contribution in [0.3, 0.4) is 0 Å². The molecular weight excluding hydrogens is 588 g/mol. The average Bonchev–Trinajstić information content (AvgIpc) is 3.05. The molecule has 272 valence electrons. The van der Waals surface area contributed by atoms with Gasteiger partial charge in [-0.05, 0) is 44.4 Å². The lowest BCUT2D eigenvalue weighted by molar-refractivity contribution is -0.161. The number of aliphatic hydroxyl groups is 2. The molecule has 6 heteroatoms. The number of hydrogen-bond acceptors (Lipinski definition) is 6. The molecule has 0 aliphatic heterocycles. The van der Waals surface area contributed by atoms with Crippen molar-refractivity contribution in [2.75, 3.05) is 13.2 Å². The SMILES string of the molecule is CCCCC[C@@H](O)/C=C/C=C\C/C=C\C/C=C\CCCC(=O)OC[C@H](CO)OC(=O)CCCCCCCCCCCCCCC(C)C. The van der Waals surface area contributed by atoms with Crippen LogP contribution in [0.4, 0.5) is 0 Å². The molecule has 0 unspecified atom stereocenters. The van der Waals surface area contributed by atoms with Crippen LogP contribution in [0.5, 0.6) is 0 Å². The van der Waals surface area contributed by atoms with Gasteiger partial charge in [0.15, 0.2) is 6.10 Å². The second-order valence-electron chi connectivity index (χ2n) is 13.3. The fourth-order valence-corrected chi connectivity index (χ4v) is 5.19. The van der Waals surface area contributed by atoms with Gasteiger partial charge in [-0.2, -0.15) is 0 Å². The molecule has 0 bridgehead atoms. The van der Waals surface area contributed by atoms with Crippen LogP contribution in [0.2, 0.25) is 0 Å². The highest BCUT2D eigenvalue weighted by atomic mass is 16.6. The molecule has 0 aliphatic carbocycles. The molecule has 47 heavy (non-hydrogen) atoms. The zero-order valence-electron chi connectivity index (χ0n) is 30.6. The topological polar surface area (TPSA) is 93.1 Å². The Morgan fingerprint density at radius 1 is 0.638 bits per heavy atom. The summed E-state index contributed by atoms with van der Waals surface area (Å²) in [4.78, 5) is 24.2. The Morgan fingerprint density at radius 2 is 1.19 bits per heavy atom. The van der Waals surface area contributed by atoms with Crippen LogP contribution in [0.25, 0.3) is 0 Å². The van der Waals surface area contributed by atoms with Gasteiger partial charge in [0.2, 0.25) is 0 Å². The summed E-state index contributed by atoms with van der Waals surface area (Å²) in [5.41, 5.74) is 0. The van der Waals surface area contributed by atoms with Crippen LogP contribution >= 0.6 is 0 Å². The highest BCUT2D eigenvalue weighted by Gasteiger charge is 2.16. The van der Waals surface area contributed by atoms with E-state index in [0.29, 0.717) is 12.8 Å². The number of carbonyl (C=O) groups is 2. The Bertz CT molecular complexity index is 828. The van der Waals surface area contributed by atoms with Gasteiger partial charge in [0.1, 0.15) is 6.61 Å². The maximum absolute atomic E-state index is 12.1. The molecule has 0 saturated carbocycles. The van der Waals surface area contributed by atoms with Gasteiger partial charge in [-0.3, -0.25) is 9.59 Å².